The monoisotopic (exact) mass is 252 g/mol. The Labute approximate surface area is 111 Å². The predicted molar refractivity (Wildman–Crippen MR) is 75.6 cm³/mol. The zero-order chi connectivity index (χ0) is 13.2. The van der Waals surface area contributed by atoms with Gasteiger partial charge >= 0.3 is 0 Å². The molecule has 19 heavy (non-hydrogen) atoms. The molecule has 0 bridgehead atoms. The van der Waals surface area contributed by atoms with Gasteiger partial charge in [0.1, 0.15) is 5.65 Å². The first-order valence-corrected chi connectivity index (χ1v) is 6.40. The minimum Gasteiger partial charge on any atom is -0.372 e. The Morgan fingerprint density at radius 3 is 2.89 bits per heavy atom. The van der Waals surface area contributed by atoms with Crippen molar-refractivity contribution in [2.24, 2.45) is 0 Å². The Kier molecular flexibility index (Phi) is 2.96. The molecule has 0 aliphatic carbocycles. The van der Waals surface area contributed by atoms with Crippen LogP contribution in [-0.4, -0.2) is 29.8 Å². The zero-order valence-electron chi connectivity index (χ0n) is 10.5. The van der Waals surface area contributed by atoms with Crippen LogP contribution in [0, 0.1) is 11.2 Å². The van der Waals surface area contributed by atoms with Crippen molar-refractivity contribution in [3.8, 4) is 5.97 Å². The fourth-order valence-corrected chi connectivity index (χ4v) is 2.47. The van der Waals surface area contributed by atoms with Crippen molar-refractivity contribution in [2.75, 3.05) is 18.0 Å². The van der Waals surface area contributed by atoms with Crippen LogP contribution in [0.25, 0.3) is 11.0 Å². The van der Waals surface area contributed by atoms with E-state index >= 15 is 0 Å². The quantitative estimate of drug-likeness (QED) is 0.776. The molecule has 1 fully saturated rings. The van der Waals surface area contributed by atoms with Gasteiger partial charge in [0.05, 0.1) is 11.9 Å². The van der Waals surface area contributed by atoms with Gasteiger partial charge in [0.2, 0.25) is 5.56 Å². The molecule has 0 aromatic carbocycles. The Balaban J connectivity index is 1.88. The van der Waals surface area contributed by atoms with Gasteiger partial charge in [-0.2, -0.15) is 0 Å². The maximum absolute atomic E-state index is 11.2. The molecule has 1 aliphatic heterocycles. The average Bonchev–Trinajstić information content (AvgIpc) is 2.47. The number of aromatic amines is 1. The average molecular weight is 252 g/mol. The van der Waals surface area contributed by atoms with E-state index in [0.29, 0.717) is 5.65 Å². The van der Waals surface area contributed by atoms with Crippen molar-refractivity contribution in [3.05, 3.63) is 34.7 Å². The van der Waals surface area contributed by atoms with Crippen LogP contribution in [-0.2, 0) is 0 Å². The lowest BCUT2D eigenvalue weighted by atomic mass is 9.45. The highest BCUT2D eigenvalue weighted by atomic mass is 16.1. The molecule has 2 aromatic rings. The lowest BCUT2D eigenvalue weighted by Gasteiger charge is -2.29. The van der Waals surface area contributed by atoms with Crippen molar-refractivity contribution in [2.45, 2.75) is 12.6 Å². The van der Waals surface area contributed by atoms with Gasteiger partial charge in [-0.3, -0.25) is 4.79 Å². The molecule has 5 nitrogen and oxygen atoms in total. The molecule has 6 heteroatoms. The molecule has 94 valence electrons. The van der Waals surface area contributed by atoms with Gasteiger partial charge in [-0.25, -0.2) is 10.2 Å². The molecule has 0 saturated carbocycles. The van der Waals surface area contributed by atoms with Crippen LogP contribution in [0.2, 0.25) is 12.6 Å². The number of H-pyrrole nitrogens is 1. The molecule has 0 radical (unpaired) electrons. The minimum absolute atomic E-state index is 0.136. The van der Waals surface area contributed by atoms with Crippen molar-refractivity contribution in [1.29, 1.82) is 5.26 Å². The van der Waals surface area contributed by atoms with Crippen molar-refractivity contribution in [3.63, 3.8) is 0 Å². The summed E-state index contributed by atoms with van der Waals surface area (Å²) in [5.74, 6) is 2.33. The zero-order valence-corrected chi connectivity index (χ0v) is 10.5. The third-order valence-electron chi connectivity index (χ3n) is 3.60. The summed E-state index contributed by atoms with van der Waals surface area (Å²) >= 11 is 0. The van der Waals surface area contributed by atoms with Crippen LogP contribution in [0.1, 0.15) is 0 Å². The SMILES string of the molecule is N#CB1CCN(c2cnc3[nH]c(=O)ccc3c2)CC1. The molecule has 3 rings (SSSR count). The first kappa shape index (κ1) is 11.8. The molecular weight excluding hydrogens is 239 g/mol. The normalized spacial score (nSPS) is 15.5. The molecule has 0 amide bonds. The number of aromatic nitrogens is 2. The predicted octanol–water partition coefficient (Wildman–Crippen LogP) is 1.30. The highest BCUT2D eigenvalue weighted by Gasteiger charge is 2.22. The Hall–Kier alpha value is -2.29. The number of nitrogens with one attached hydrogen (secondary N) is 1. The van der Waals surface area contributed by atoms with E-state index < -0.39 is 0 Å². The van der Waals surface area contributed by atoms with Gasteiger partial charge in [-0.1, -0.05) is 0 Å². The van der Waals surface area contributed by atoms with Crippen LogP contribution in [0.5, 0.6) is 0 Å². The molecule has 0 atom stereocenters. The third-order valence-corrected chi connectivity index (χ3v) is 3.60. The Morgan fingerprint density at radius 1 is 1.37 bits per heavy atom. The summed E-state index contributed by atoms with van der Waals surface area (Å²) in [5.41, 5.74) is 1.53. The number of hydrogen-bond donors (Lipinski definition) is 1. The minimum atomic E-state index is -0.136. The largest absolute Gasteiger partial charge is 0.372 e. The number of nitriles is 1. The molecule has 3 heterocycles. The highest BCUT2D eigenvalue weighted by molar-refractivity contribution is 6.67. The van der Waals surface area contributed by atoms with Crippen LogP contribution in [0.15, 0.2) is 29.2 Å². The van der Waals surface area contributed by atoms with E-state index in [1.54, 1.807) is 12.3 Å². The lowest BCUT2D eigenvalue weighted by molar-refractivity contribution is 0.820. The summed E-state index contributed by atoms with van der Waals surface area (Å²) in [4.78, 5) is 20.4. The molecule has 0 spiro atoms. The van der Waals surface area contributed by atoms with Crippen LogP contribution >= 0.6 is 0 Å². The number of rotatable bonds is 1. The molecular formula is C13H13BN4O. The van der Waals surface area contributed by atoms with Crippen LogP contribution in [0.4, 0.5) is 5.69 Å². The maximum Gasteiger partial charge on any atom is 0.271 e. The second-order valence-electron chi connectivity index (χ2n) is 4.84. The first-order valence-electron chi connectivity index (χ1n) is 6.40. The van der Waals surface area contributed by atoms with Crippen LogP contribution < -0.4 is 10.5 Å². The Bertz CT molecular complexity index is 698. The summed E-state index contributed by atoms with van der Waals surface area (Å²) in [6.45, 7) is 1.95. The van der Waals surface area contributed by atoms with Crippen molar-refractivity contribution < 1.29 is 0 Å². The lowest BCUT2D eigenvalue weighted by Crippen LogP contribution is -2.36. The number of hydrogen-bond acceptors (Lipinski definition) is 4. The summed E-state index contributed by atoms with van der Waals surface area (Å²) < 4.78 is 0. The fraction of sp³-hybridized carbons (Fsp3) is 0.308. The van der Waals surface area contributed by atoms with Crippen molar-refractivity contribution in [1.82, 2.24) is 9.97 Å². The first-order chi connectivity index (χ1) is 9.26. The van der Waals surface area contributed by atoms with E-state index in [1.807, 2.05) is 6.07 Å². The van der Waals surface area contributed by atoms with E-state index in [1.165, 1.54) is 6.07 Å². The van der Waals surface area contributed by atoms with E-state index in [-0.39, 0.29) is 12.3 Å². The van der Waals surface area contributed by atoms with E-state index in [9.17, 15) is 4.79 Å². The number of nitrogens with zero attached hydrogens (tertiary/aromatic N) is 3. The molecule has 1 saturated heterocycles. The van der Waals surface area contributed by atoms with Gasteiger partial charge in [0.25, 0.3) is 6.71 Å². The summed E-state index contributed by atoms with van der Waals surface area (Å²) in [5, 5.41) is 9.83. The fourth-order valence-electron chi connectivity index (χ4n) is 2.47. The number of anilines is 1. The molecule has 1 aliphatic rings. The van der Waals surface area contributed by atoms with E-state index in [4.69, 9.17) is 5.26 Å². The summed E-state index contributed by atoms with van der Waals surface area (Å²) in [7, 11) is 0. The molecule has 2 aromatic heterocycles. The molecule has 0 unspecified atom stereocenters. The third kappa shape index (κ3) is 2.32. The smallest absolute Gasteiger partial charge is 0.271 e. The van der Waals surface area contributed by atoms with E-state index in [2.05, 4.69) is 20.8 Å². The highest BCUT2D eigenvalue weighted by Crippen LogP contribution is 2.22. The van der Waals surface area contributed by atoms with Gasteiger partial charge in [-0.05, 0) is 24.8 Å². The second kappa shape index (κ2) is 4.77. The number of pyridine rings is 2. The van der Waals surface area contributed by atoms with Gasteiger partial charge in [-0.15, -0.1) is 0 Å². The van der Waals surface area contributed by atoms with E-state index in [0.717, 1.165) is 36.8 Å². The molecule has 1 N–H and O–H groups in total. The maximum atomic E-state index is 11.2. The van der Waals surface area contributed by atoms with Crippen LogP contribution in [0.3, 0.4) is 0 Å². The van der Waals surface area contributed by atoms with Gasteiger partial charge in [0.15, 0.2) is 0 Å². The summed E-state index contributed by atoms with van der Waals surface area (Å²) in [6.07, 6.45) is 3.59. The topological polar surface area (TPSA) is 72.8 Å². The van der Waals surface area contributed by atoms with Gasteiger partial charge in [0, 0.05) is 30.5 Å². The number of fused-ring (bicyclic) bond motifs is 1. The standard InChI is InChI=1S/C13H13BN4O/c15-9-14-3-5-18(6-4-14)11-7-10-1-2-12(19)17-13(10)16-8-11/h1-2,7-8H,3-6H2,(H,16,17,19). The summed E-state index contributed by atoms with van der Waals surface area (Å²) in [6, 6.07) is 5.33. The van der Waals surface area contributed by atoms with Crippen molar-refractivity contribution >= 4 is 23.4 Å². The Morgan fingerprint density at radius 2 is 2.16 bits per heavy atom. The second-order valence-corrected chi connectivity index (χ2v) is 4.84. The van der Waals surface area contributed by atoms with Gasteiger partial charge < -0.3 is 9.88 Å².